The summed E-state index contributed by atoms with van der Waals surface area (Å²) in [5.74, 6) is -0.0521. The summed E-state index contributed by atoms with van der Waals surface area (Å²) in [7, 11) is 0. The fraction of sp³-hybridized carbons (Fsp3) is 0.200. The van der Waals surface area contributed by atoms with Crippen LogP contribution in [0.25, 0.3) is 10.9 Å². The second-order valence-electron chi connectivity index (χ2n) is 3.02. The molecule has 0 aliphatic rings. The third-order valence-electron chi connectivity index (χ3n) is 2.32. The summed E-state index contributed by atoms with van der Waals surface area (Å²) in [5.41, 5.74) is 0.963. The lowest BCUT2D eigenvalue weighted by molar-refractivity contribution is 0.427. The number of benzene rings is 1. The molecule has 14 heavy (non-hydrogen) atoms. The molecular formula is C10H10N2O2. The Hall–Kier alpha value is -1.84. The van der Waals surface area contributed by atoms with Gasteiger partial charge in [0, 0.05) is 11.9 Å². The zero-order chi connectivity index (χ0) is 10.1. The van der Waals surface area contributed by atoms with Gasteiger partial charge in [0.1, 0.15) is 0 Å². The van der Waals surface area contributed by atoms with Crippen molar-refractivity contribution in [2.24, 2.45) is 5.18 Å². The number of nitrogens with zero attached hydrogens (tertiary/aromatic N) is 2. The molecule has 4 nitrogen and oxygen atoms in total. The van der Waals surface area contributed by atoms with Crippen LogP contribution in [-0.4, -0.2) is 9.67 Å². The Balaban J connectivity index is 2.91. The lowest BCUT2D eigenvalue weighted by atomic mass is 10.2. The van der Waals surface area contributed by atoms with E-state index in [0.29, 0.717) is 11.9 Å². The molecule has 72 valence electrons. The largest absolute Gasteiger partial charge is 0.493 e. The van der Waals surface area contributed by atoms with Crippen LogP contribution in [0.1, 0.15) is 6.92 Å². The molecule has 0 aliphatic carbocycles. The predicted octanol–water partition coefficient (Wildman–Crippen LogP) is 2.76. The number of aromatic hydroxyl groups is 1. The van der Waals surface area contributed by atoms with Crippen LogP contribution in [-0.2, 0) is 6.54 Å². The summed E-state index contributed by atoms with van der Waals surface area (Å²) in [6.07, 6.45) is 0. The maximum Gasteiger partial charge on any atom is 0.222 e. The minimum absolute atomic E-state index is 0.0521. The number of rotatable bonds is 2. The minimum atomic E-state index is -0.0521. The Kier molecular flexibility index (Phi) is 1.96. The highest BCUT2D eigenvalue weighted by atomic mass is 16.3. The maximum absolute atomic E-state index is 10.5. The van der Waals surface area contributed by atoms with Crippen molar-refractivity contribution in [3.05, 3.63) is 29.2 Å². The first kappa shape index (κ1) is 8.74. The molecule has 0 radical (unpaired) electrons. The van der Waals surface area contributed by atoms with E-state index in [0.717, 1.165) is 5.52 Å². The minimum Gasteiger partial charge on any atom is -0.493 e. The van der Waals surface area contributed by atoms with Crippen molar-refractivity contribution in [1.29, 1.82) is 0 Å². The molecule has 0 amide bonds. The molecule has 0 saturated heterocycles. The maximum atomic E-state index is 10.5. The second-order valence-corrected chi connectivity index (χ2v) is 3.02. The molecule has 0 atom stereocenters. The summed E-state index contributed by atoms with van der Waals surface area (Å²) in [6, 6.07) is 7.31. The van der Waals surface area contributed by atoms with E-state index in [1.54, 1.807) is 10.6 Å². The highest BCUT2D eigenvalue weighted by Gasteiger charge is 2.15. The molecule has 0 fully saturated rings. The fourth-order valence-corrected chi connectivity index (χ4v) is 1.68. The Bertz CT molecular complexity index is 488. The van der Waals surface area contributed by atoms with Gasteiger partial charge in [-0.05, 0) is 18.2 Å². The van der Waals surface area contributed by atoms with Crippen LogP contribution < -0.4 is 0 Å². The van der Waals surface area contributed by atoms with Crippen molar-refractivity contribution in [3.8, 4) is 5.88 Å². The summed E-state index contributed by atoms with van der Waals surface area (Å²) < 4.78 is 1.66. The van der Waals surface area contributed by atoms with Crippen LogP contribution in [0.3, 0.4) is 0 Å². The van der Waals surface area contributed by atoms with Crippen LogP contribution in [0.2, 0.25) is 0 Å². The van der Waals surface area contributed by atoms with Crippen LogP contribution in [0.4, 0.5) is 5.69 Å². The van der Waals surface area contributed by atoms with Gasteiger partial charge in [0.15, 0.2) is 5.69 Å². The van der Waals surface area contributed by atoms with Crippen LogP contribution in [0.15, 0.2) is 29.4 Å². The van der Waals surface area contributed by atoms with E-state index in [2.05, 4.69) is 5.18 Å². The van der Waals surface area contributed by atoms with E-state index in [1.165, 1.54) is 0 Å². The first-order valence-electron chi connectivity index (χ1n) is 4.43. The van der Waals surface area contributed by atoms with Gasteiger partial charge in [-0.25, -0.2) is 0 Å². The van der Waals surface area contributed by atoms with Gasteiger partial charge in [-0.1, -0.05) is 18.2 Å². The molecule has 0 bridgehead atoms. The molecule has 1 heterocycles. The van der Waals surface area contributed by atoms with Crippen LogP contribution in [0, 0.1) is 4.91 Å². The molecule has 1 aromatic carbocycles. The van der Waals surface area contributed by atoms with E-state index in [-0.39, 0.29) is 11.6 Å². The van der Waals surface area contributed by atoms with E-state index in [1.807, 2.05) is 25.1 Å². The van der Waals surface area contributed by atoms with Gasteiger partial charge < -0.3 is 9.67 Å². The fourth-order valence-electron chi connectivity index (χ4n) is 1.68. The van der Waals surface area contributed by atoms with Crippen molar-refractivity contribution in [1.82, 2.24) is 4.57 Å². The zero-order valence-corrected chi connectivity index (χ0v) is 7.77. The lowest BCUT2D eigenvalue weighted by Crippen LogP contribution is -1.91. The predicted molar refractivity (Wildman–Crippen MR) is 54.7 cm³/mol. The Morgan fingerprint density at radius 3 is 2.79 bits per heavy atom. The standard InChI is InChI=1S/C10H10N2O2/c1-2-12-8-6-4-3-5-7(8)9(11-14)10(12)13/h3-6,13H,2H2,1H3. The highest BCUT2D eigenvalue weighted by Crippen LogP contribution is 2.37. The van der Waals surface area contributed by atoms with Gasteiger partial charge in [-0.15, -0.1) is 4.91 Å². The van der Waals surface area contributed by atoms with E-state index in [9.17, 15) is 10.0 Å². The van der Waals surface area contributed by atoms with E-state index in [4.69, 9.17) is 0 Å². The molecule has 0 spiro atoms. The number of hydrogen-bond donors (Lipinski definition) is 1. The van der Waals surface area contributed by atoms with Crippen molar-refractivity contribution < 1.29 is 5.11 Å². The van der Waals surface area contributed by atoms with Gasteiger partial charge in [-0.3, -0.25) is 0 Å². The first-order chi connectivity index (χ1) is 6.79. The van der Waals surface area contributed by atoms with Crippen LogP contribution >= 0.6 is 0 Å². The van der Waals surface area contributed by atoms with Gasteiger partial charge in [-0.2, -0.15) is 0 Å². The lowest BCUT2D eigenvalue weighted by Gasteiger charge is -2.00. The third kappa shape index (κ3) is 1.00. The normalized spacial score (nSPS) is 10.6. The topological polar surface area (TPSA) is 54.6 Å². The molecule has 4 heteroatoms. The van der Waals surface area contributed by atoms with Crippen LogP contribution in [0.5, 0.6) is 5.88 Å². The van der Waals surface area contributed by atoms with Gasteiger partial charge in [0.05, 0.1) is 5.52 Å². The molecule has 2 aromatic rings. The number of para-hydroxylation sites is 1. The van der Waals surface area contributed by atoms with Crippen molar-refractivity contribution in [3.63, 3.8) is 0 Å². The molecule has 0 unspecified atom stereocenters. The second kappa shape index (κ2) is 3.14. The Morgan fingerprint density at radius 1 is 1.43 bits per heavy atom. The average Bonchev–Trinajstić information content (AvgIpc) is 2.49. The smallest absolute Gasteiger partial charge is 0.222 e. The van der Waals surface area contributed by atoms with Crippen molar-refractivity contribution in [2.75, 3.05) is 0 Å². The summed E-state index contributed by atoms with van der Waals surface area (Å²) in [6.45, 7) is 2.52. The highest BCUT2D eigenvalue weighted by molar-refractivity contribution is 5.94. The Morgan fingerprint density at radius 2 is 2.14 bits per heavy atom. The van der Waals surface area contributed by atoms with Crippen molar-refractivity contribution in [2.45, 2.75) is 13.5 Å². The molecule has 0 aliphatic heterocycles. The number of fused-ring (bicyclic) bond motifs is 1. The van der Waals surface area contributed by atoms with Gasteiger partial charge in [0.25, 0.3) is 0 Å². The van der Waals surface area contributed by atoms with E-state index < -0.39 is 0 Å². The van der Waals surface area contributed by atoms with Gasteiger partial charge in [0.2, 0.25) is 5.88 Å². The number of aryl methyl sites for hydroxylation is 1. The number of aromatic nitrogens is 1. The number of nitroso groups, excluding NO2 is 1. The third-order valence-corrected chi connectivity index (χ3v) is 2.32. The molecule has 2 rings (SSSR count). The number of hydrogen-bond acceptors (Lipinski definition) is 3. The quantitative estimate of drug-likeness (QED) is 0.740. The molecule has 0 saturated carbocycles. The van der Waals surface area contributed by atoms with Crippen molar-refractivity contribution >= 4 is 16.6 Å². The molecular weight excluding hydrogens is 180 g/mol. The first-order valence-corrected chi connectivity index (χ1v) is 4.43. The Labute approximate surface area is 80.8 Å². The van der Waals surface area contributed by atoms with E-state index >= 15 is 0 Å². The SMILES string of the molecule is CCn1c(O)c(N=O)c2ccccc21. The summed E-state index contributed by atoms with van der Waals surface area (Å²) in [5, 5.41) is 13.2. The molecule has 1 aromatic heterocycles. The average molecular weight is 190 g/mol. The molecule has 1 N–H and O–H groups in total. The summed E-state index contributed by atoms with van der Waals surface area (Å²) in [4.78, 5) is 10.5. The monoisotopic (exact) mass is 190 g/mol. The van der Waals surface area contributed by atoms with Gasteiger partial charge >= 0.3 is 0 Å². The zero-order valence-electron chi connectivity index (χ0n) is 7.77. The summed E-state index contributed by atoms with van der Waals surface area (Å²) >= 11 is 0.